The van der Waals surface area contributed by atoms with Gasteiger partial charge >= 0.3 is 6.09 Å². The van der Waals surface area contributed by atoms with Crippen LogP contribution in [0.2, 0.25) is 0 Å². The summed E-state index contributed by atoms with van der Waals surface area (Å²) < 4.78 is 5.56. The molecule has 0 unspecified atom stereocenters. The molecule has 8 nitrogen and oxygen atoms in total. The van der Waals surface area contributed by atoms with Gasteiger partial charge in [-0.1, -0.05) is 115 Å². The molecule has 0 radical (unpaired) electrons. The zero-order chi connectivity index (χ0) is 34.5. The van der Waals surface area contributed by atoms with Gasteiger partial charge in [0.15, 0.2) is 0 Å². The molecule has 1 heterocycles. The van der Waals surface area contributed by atoms with E-state index in [1.807, 2.05) is 109 Å². The lowest BCUT2D eigenvalue weighted by atomic mass is 9.99. The summed E-state index contributed by atoms with van der Waals surface area (Å²) in [6.45, 7) is 5.31. The van der Waals surface area contributed by atoms with Crippen LogP contribution in [-0.2, 0) is 22.4 Å². The maximum atomic E-state index is 14.3. The molecular formula is C40H38N4O4S. The number of benzene rings is 5. The second-order valence-corrected chi connectivity index (χ2v) is 14.0. The number of amides is 3. The highest BCUT2D eigenvalue weighted by Crippen LogP contribution is 2.34. The van der Waals surface area contributed by atoms with Crippen LogP contribution in [0.25, 0.3) is 32.0 Å². The van der Waals surface area contributed by atoms with Crippen molar-refractivity contribution in [2.24, 2.45) is 5.73 Å². The zero-order valence-electron chi connectivity index (χ0n) is 27.6. The fourth-order valence-corrected chi connectivity index (χ4v) is 6.90. The molecule has 49 heavy (non-hydrogen) atoms. The number of rotatable bonds is 10. The number of fused-ring (bicyclic) bond motifs is 2. The summed E-state index contributed by atoms with van der Waals surface area (Å²) in [5, 5.41) is 10.8. The van der Waals surface area contributed by atoms with Crippen LogP contribution < -0.4 is 16.4 Å². The lowest BCUT2D eigenvalue weighted by Gasteiger charge is -2.25. The maximum Gasteiger partial charge on any atom is 0.408 e. The minimum absolute atomic E-state index is 0.142. The van der Waals surface area contributed by atoms with E-state index in [-0.39, 0.29) is 12.1 Å². The third kappa shape index (κ3) is 8.31. The van der Waals surface area contributed by atoms with Crippen LogP contribution in [0.4, 0.5) is 4.79 Å². The minimum atomic E-state index is -0.973. The number of ether oxygens (including phenoxy) is 1. The molecule has 0 fully saturated rings. The number of nitrogens with one attached hydrogen (secondary N) is 2. The minimum Gasteiger partial charge on any atom is -0.444 e. The molecule has 0 aliphatic heterocycles. The van der Waals surface area contributed by atoms with Gasteiger partial charge in [0.1, 0.15) is 22.3 Å². The number of aromatic nitrogens is 1. The lowest BCUT2D eigenvalue weighted by molar-refractivity contribution is -0.124. The molecule has 6 aromatic rings. The summed E-state index contributed by atoms with van der Waals surface area (Å²) in [6, 6.07) is 36.0. The third-order valence-corrected chi connectivity index (χ3v) is 9.26. The highest BCUT2D eigenvalue weighted by Gasteiger charge is 2.30. The number of alkyl carbamates (subject to hydrolysis) is 1. The molecule has 3 amide bonds. The Morgan fingerprint density at radius 3 is 1.86 bits per heavy atom. The predicted octanol–water partition coefficient (Wildman–Crippen LogP) is 7.75. The second-order valence-electron chi connectivity index (χ2n) is 13.0. The normalized spacial score (nSPS) is 12.7. The molecule has 2 atom stereocenters. The quantitative estimate of drug-likeness (QED) is 0.138. The molecule has 9 heteroatoms. The first-order valence-electron chi connectivity index (χ1n) is 16.1. The van der Waals surface area contributed by atoms with Crippen molar-refractivity contribution >= 4 is 50.8 Å². The van der Waals surface area contributed by atoms with E-state index in [9.17, 15) is 14.4 Å². The summed E-state index contributed by atoms with van der Waals surface area (Å²) in [5.41, 5.74) is 7.84. The van der Waals surface area contributed by atoms with Crippen molar-refractivity contribution in [1.29, 1.82) is 0 Å². The fourth-order valence-electron chi connectivity index (χ4n) is 5.77. The van der Waals surface area contributed by atoms with E-state index in [2.05, 4.69) is 16.7 Å². The van der Waals surface area contributed by atoms with Crippen molar-refractivity contribution in [2.45, 2.75) is 51.3 Å². The Balaban J connectivity index is 1.36. The zero-order valence-corrected chi connectivity index (χ0v) is 28.4. The van der Waals surface area contributed by atoms with E-state index in [0.717, 1.165) is 38.2 Å². The van der Waals surface area contributed by atoms with Crippen molar-refractivity contribution < 1.29 is 19.1 Å². The van der Waals surface area contributed by atoms with Crippen LogP contribution in [0.1, 0.15) is 53.4 Å². The predicted molar refractivity (Wildman–Crippen MR) is 195 cm³/mol. The summed E-state index contributed by atoms with van der Waals surface area (Å²) in [7, 11) is 0. The monoisotopic (exact) mass is 670 g/mol. The average Bonchev–Trinajstić information content (AvgIpc) is 3.53. The van der Waals surface area contributed by atoms with E-state index >= 15 is 0 Å². The van der Waals surface area contributed by atoms with Gasteiger partial charge in [-0.25, -0.2) is 9.78 Å². The number of primary amides is 1. The van der Waals surface area contributed by atoms with Gasteiger partial charge in [0, 0.05) is 6.42 Å². The Hall–Kier alpha value is -5.54. The van der Waals surface area contributed by atoms with Crippen LogP contribution in [-0.4, -0.2) is 34.5 Å². The summed E-state index contributed by atoms with van der Waals surface area (Å²) in [4.78, 5) is 45.3. The number of hydrogen-bond donors (Lipinski definition) is 3. The third-order valence-electron chi connectivity index (χ3n) is 8.04. The molecule has 248 valence electrons. The highest BCUT2D eigenvalue weighted by molar-refractivity contribution is 7.15. The van der Waals surface area contributed by atoms with Crippen LogP contribution in [0.3, 0.4) is 0 Å². The summed E-state index contributed by atoms with van der Waals surface area (Å²) in [6.07, 6.45) is -0.0969. The van der Waals surface area contributed by atoms with Gasteiger partial charge in [-0.15, -0.1) is 11.3 Å². The van der Waals surface area contributed by atoms with Crippen molar-refractivity contribution in [2.75, 3.05) is 0 Å². The van der Waals surface area contributed by atoms with Gasteiger partial charge in [0.2, 0.25) is 5.91 Å². The Bertz CT molecular complexity index is 2140. The summed E-state index contributed by atoms with van der Waals surface area (Å²) >= 11 is 1.31. The Morgan fingerprint density at radius 1 is 0.735 bits per heavy atom. The molecule has 0 aliphatic rings. The maximum absolute atomic E-state index is 14.3. The SMILES string of the molecule is CC(C)(C)OC(=O)N[C@H](Cc1ccc2ccccc2c1)C(=O)N[C@H](Cc1ccc2ccccc2c1)c1nc(C(N)=O)c(-c2ccccc2)s1. The fraction of sp³-hybridized carbons (Fsp3) is 0.200. The lowest BCUT2D eigenvalue weighted by Crippen LogP contribution is -2.50. The smallest absolute Gasteiger partial charge is 0.408 e. The highest BCUT2D eigenvalue weighted by atomic mass is 32.1. The van der Waals surface area contributed by atoms with Gasteiger partial charge < -0.3 is 21.1 Å². The number of nitrogens with zero attached hydrogens (tertiary/aromatic N) is 1. The van der Waals surface area contributed by atoms with Crippen LogP contribution >= 0.6 is 11.3 Å². The Morgan fingerprint density at radius 2 is 1.29 bits per heavy atom. The van der Waals surface area contributed by atoms with Gasteiger partial charge in [-0.3, -0.25) is 9.59 Å². The molecule has 4 N–H and O–H groups in total. The number of thiazole rings is 1. The van der Waals surface area contributed by atoms with E-state index in [1.165, 1.54) is 11.3 Å². The molecule has 0 saturated heterocycles. The topological polar surface area (TPSA) is 123 Å². The Kier molecular flexibility index (Phi) is 9.73. The molecule has 0 spiro atoms. The van der Waals surface area contributed by atoms with Crippen molar-refractivity contribution in [3.05, 3.63) is 137 Å². The number of nitrogens with two attached hydrogens (primary N) is 1. The molecule has 1 aromatic heterocycles. The van der Waals surface area contributed by atoms with Crippen LogP contribution in [0.5, 0.6) is 0 Å². The molecule has 0 bridgehead atoms. The first-order valence-corrected chi connectivity index (χ1v) is 17.0. The van der Waals surface area contributed by atoms with Gasteiger partial charge in [0.05, 0.1) is 10.9 Å². The number of carbonyl (C=O) groups is 3. The molecule has 5 aromatic carbocycles. The first kappa shape index (κ1) is 33.4. The van der Waals surface area contributed by atoms with Gasteiger partial charge in [-0.2, -0.15) is 0 Å². The van der Waals surface area contributed by atoms with E-state index in [1.54, 1.807) is 20.8 Å². The van der Waals surface area contributed by atoms with Crippen molar-refractivity contribution in [3.63, 3.8) is 0 Å². The standard InChI is InChI=1S/C40H38N4O4S/c1-40(2,3)48-39(47)43-32(23-25-17-19-27-11-7-9-15-30(27)21-25)37(46)42-33(24-26-18-20-28-12-8-10-16-31(28)22-26)38-44-34(36(41)45)35(49-38)29-13-5-4-6-14-29/h4-22,32-33H,23-24H2,1-3H3,(H2,41,45)(H,42,46)(H,43,47)/t32-,33-/m1/s1. The first-order chi connectivity index (χ1) is 23.5. The second kappa shape index (κ2) is 14.3. The van der Waals surface area contributed by atoms with Crippen LogP contribution in [0, 0.1) is 0 Å². The summed E-state index contributed by atoms with van der Waals surface area (Å²) in [5.74, 6) is -1.07. The molecule has 0 saturated carbocycles. The number of hydrogen-bond acceptors (Lipinski definition) is 6. The molecular weight excluding hydrogens is 633 g/mol. The molecule has 6 rings (SSSR count). The van der Waals surface area contributed by atoms with Crippen LogP contribution in [0.15, 0.2) is 115 Å². The van der Waals surface area contributed by atoms with Gasteiger partial charge in [-0.05, 0) is 65.4 Å². The van der Waals surface area contributed by atoms with E-state index in [4.69, 9.17) is 15.5 Å². The largest absolute Gasteiger partial charge is 0.444 e. The molecule has 0 aliphatic carbocycles. The van der Waals surface area contributed by atoms with Gasteiger partial charge in [0.25, 0.3) is 5.91 Å². The van der Waals surface area contributed by atoms with Crippen molar-refractivity contribution in [1.82, 2.24) is 15.6 Å². The van der Waals surface area contributed by atoms with E-state index < -0.39 is 35.6 Å². The number of carbonyl (C=O) groups excluding carboxylic acids is 3. The Labute approximate surface area is 289 Å². The average molecular weight is 671 g/mol. The van der Waals surface area contributed by atoms with Crippen molar-refractivity contribution in [3.8, 4) is 10.4 Å². The van der Waals surface area contributed by atoms with E-state index in [0.29, 0.717) is 16.3 Å².